The monoisotopic (exact) mass is 341 g/mol. The van der Waals surface area contributed by atoms with Gasteiger partial charge in [0.25, 0.3) is 0 Å². The summed E-state index contributed by atoms with van der Waals surface area (Å²) < 4.78 is 27.9. The molecule has 3 nitrogen and oxygen atoms in total. The number of nitrogens with one attached hydrogen (secondary N) is 1. The van der Waals surface area contributed by atoms with Crippen LogP contribution in [0.3, 0.4) is 0 Å². The molecule has 1 fully saturated rings. The fourth-order valence-corrected chi connectivity index (χ4v) is 4.40. The lowest BCUT2D eigenvalue weighted by Crippen LogP contribution is -2.31. The van der Waals surface area contributed by atoms with Crippen molar-refractivity contribution >= 4 is 26.0 Å². The number of rotatable bonds is 4. The molecule has 0 aliphatic heterocycles. The topological polar surface area (TPSA) is 46.2 Å². The number of sulfonamides is 1. The van der Waals surface area contributed by atoms with Gasteiger partial charge in [0.1, 0.15) is 0 Å². The van der Waals surface area contributed by atoms with Gasteiger partial charge in [-0.25, -0.2) is 13.1 Å². The first-order valence-electron chi connectivity index (χ1n) is 6.48. The summed E-state index contributed by atoms with van der Waals surface area (Å²) in [6, 6.07) is 6.73. The van der Waals surface area contributed by atoms with E-state index in [9.17, 15) is 8.42 Å². The van der Waals surface area contributed by atoms with Gasteiger partial charge in [-0.3, -0.25) is 0 Å². The zero-order chi connectivity index (χ0) is 13.5. The maximum absolute atomic E-state index is 12.2. The minimum Gasteiger partial charge on any atom is -0.211 e. The molecule has 0 heterocycles. The van der Waals surface area contributed by atoms with Crippen LogP contribution in [0.2, 0.25) is 0 Å². The smallest absolute Gasteiger partial charge is 0.211 e. The fourth-order valence-electron chi connectivity index (χ4n) is 3.04. The van der Waals surface area contributed by atoms with E-state index in [4.69, 9.17) is 0 Å². The highest BCUT2D eigenvalue weighted by molar-refractivity contribution is 9.10. The molecule has 0 spiro atoms. The Labute approximate surface area is 122 Å². The van der Waals surface area contributed by atoms with Crippen LogP contribution >= 0.6 is 15.9 Å². The molecule has 102 valence electrons. The van der Waals surface area contributed by atoms with Crippen LogP contribution in [0.4, 0.5) is 0 Å². The first kappa shape index (κ1) is 13.3. The van der Waals surface area contributed by atoms with E-state index >= 15 is 0 Å². The third-order valence-electron chi connectivity index (χ3n) is 4.08. The molecule has 1 aromatic rings. The van der Waals surface area contributed by atoms with Crippen LogP contribution in [0, 0.1) is 17.8 Å². The summed E-state index contributed by atoms with van der Waals surface area (Å²) in [6.45, 7) is 0.546. The minimum atomic E-state index is -3.38. The number of benzene rings is 1. The van der Waals surface area contributed by atoms with E-state index in [2.05, 4.69) is 32.8 Å². The van der Waals surface area contributed by atoms with E-state index in [0.717, 1.165) is 10.9 Å². The second-order valence-corrected chi connectivity index (χ2v) is 8.03. The third kappa shape index (κ3) is 2.78. The molecular weight excluding hydrogens is 326 g/mol. The average Bonchev–Trinajstić information content (AvgIpc) is 2.99. The van der Waals surface area contributed by atoms with Crippen molar-refractivity contribution < 1.29 is 8.42 Å². The molecule has 0 amide bonds. The van der Waals surface area contributed by atoms with Crippen molar-refractivity contribution in [2.24, 2.45) is 17.8 Å². The van der Waals surface area contributed by atoms with Crippen LogP contribution < -0.4 is 4.72 Å². The van der Waals surface area contributed by atoms with Crippen molar-refractivity contribution in [1.82, 2.24) is 4.72 Å². The van der Waals surface area contributed by atoms with Crippen LogP contribution in [0.1, 0.15) is 12.8 Å². The molecule has 0 unspecified atom stereocenters. The Morgan fingerprint density at radius 3 is 2.47 bits per heavy atom. The molecule has 0 saturated heterocycles. The molecule has 19 heavy (non-hydrogen) atoms. The maximum atomic E-state index is 12.2. The lowest BCUT2D eigenvalue weighted by atomic mass is 9.94. The fraction of sp³-hybridized carbons (Fsp3) is 0.429. The van der Waals surface area contributed by atoms with E-state index in [1.54, 1.807) is 24.3 Å². The van der Waals surface area contributed by atoms with Gasteiger partial charge in [-0.1, -0.05) is 28.1 Å². The van der Waals surface area contributed by atoms with Gasteiger partial charge < -0.3 is 0 Å². The zero-order valence-electron chi connectivity index (χ0n) is 10.4. The largest absolute Gasteiger partial charge is 0.240 e. The lowest BCUT2D eigenvalue weighted by Gasteiger charge is -2.18. The van der Waals surface area contributed by atoms with Crippen LogP contribution in [-0.4, -0.2) is 15.0 Å². The Bertz CT molecular complexity index is 594. The van der Waals surface area contributed by atoms with E-state index < -0.39 is 10.0 Å². The first-order chi connectivity index (χ1) is 9.04. The molecule has 2 bridgehead atoms. The van der Waals surface area contributed by atoms with Crippen molar-refractivity contribution in [3.8, 4) is 0 Å². The second-order valence-electron chi connectivity index (χ2n) is 5.35. The highest BCUT2D eigenvalue weighted by atomic mass is 79.9. The molecule has 1 N–H and O–H groups in total. The van der Waals surface area contributed by atoms with E-state index in [-0.39, 0.29) is 0 Å². The number of allylic oxidation sites excluding steroid dienone is 2. The molecule has 0 radical (unpaired) electrons. The van der Waals surface area contributed by atoms with Gasteiger partial charge in [0.05, 0.1) is 4.90 Å². The molecule has 3 rings (SSSR count). The summed E-state index contributed by atoms with van der Waals surface area (Å²) in [5.74, 6) is 1.70. The van der Waals surface area contributed by atoms with Crippen LogP contribution in [0.5, 0.6) is 0 Å². The van der Waals surface area contributed by atoms with E-state index in [1.807, 2.05) is 0 Å². The standard InChI is InChI=1S/C14H16BrNO2S/c15-13-3-5-14(6-4-13)19(17,18)16-9-12-8-10-1-2-11(12)7-10/h1-6,10-12,16H,7-9H2/t10-,11+,12+/m1/s1. The van der Waals surface area contributed by atoms with Crippen LogP contribution in [-0.2, 0) is 10.0 Å². The van der Waals surface area contributed by atoms with Crippen molar-refractivity contribution in [3.05, 3.63) is 40.9 Å². The molecule has 3 atom stereocenters. The van der Waals surface area contributed by atoms with Crippen LogP contribution in [0.15, 0.2) is 45.8 Å². The average molecular weight is 342 g/mol. The first-order valence-corrected chi connectivity index (χ1v) is 8.76. The SMILES string of the molecule is O=S(=O)(NC[C@@H]1C[C@@H]2C=C[C@H]1C2)c1ccc(Br)cc1. The number of hydrogen-bond donors (Lipinski definition) is 1. The van der Waals surface area contributed by atoms with Crippen molar-refractivity contribution in [1.29, 1.82) is 0 Å². The lowest BCUT2D eigenvalue weighted by molar-refractivity contribution is 0.440. The molecule has 5 heteroatoms. The number of halogens is 1. The Morgan fingerprint density at radius 2 is 1.89 bits per heavy atom. The summed E-state index contributed by atoms with van der Waals surface area (Å²) in [6.07, 6.45) is 6.83. The van der Waals surface area contributed by atoms with Gasteiger partial charge in [0.15, 0.2) is 0 Å². The van der Waals surface area contributed by atoms with E-state index in [0.29, 0.717) is 29.2 Å². The summed E-state index contributed by atoms with van der Waals surface area (Å²) >= 11 is 3.30. The van der Waals surface area contributed by atoms with Gasteiger partial charge in [0.2, 0.25) is 10.0 Å². The zero-order valence-corrected chi connectivity index (χ0v) is 12.8. The molecule has 0 aromatic heterocycles. The van der Waals surface area contributed by atoms with Gasteiger partial charge in [-0.15, -0.1) is 0 Å². The number of hydrogen-bond acceptors (Lipinski definition) is 2. The summed E-state index contributed by atoms with van der Waals surface area (Å²) in [7, 11) is -3.38. The van der Waals surface area contributed by atoms with Crippen molar-refractivity contribution in [2.75, 3.05) is 6.54 Å². The predicted molar refractivity (Wildman–Crippen MR) is 78.2 cm³/mol. The third-order valence-corrected chi connectivity index (χ3v) is 6.04. The summed E-state index contributed by atoms with van der Waals surface area (Å²) in [4.78, 5) is 0.328. The molecule has 1 aromatic carbocycles. The van der Waals surface area contributed by atoms with Crippen molar-refractivity contribution in [3.63, 3.8) is 0 Å². The van der Waals surface area contributed by atoms with Gasteiger partial charge >= 0.3 is 0 Å². The highest BCUT2D eigenvalue weighted by Crippen LogP contribution is 2.43. The Hall–Kier alpha value is -0.650. The second kappa shape index (κ2) is 5.04. The normalized spacial score (nSPS) is 29.0. The quantitative estimate of drug-likeness (QED) is 0.856. The minimum absolute atomic E-state index is 0.328. The Kier molecular flexibility index (Phi) is 3.53. The molecule has 2 aliphatic rings. The summed E-state index contributed by atoms with van der Waals surface area (Å²) in [5, 5.41) is 0. The van der Waals surface area contributed by atoms with Gasteiger partial charge in [-0.05, 0) is 54.9 Å². The van der Waals surface area contributed by atoms with Gasteiger partial charge in [0, 0.05) is 11.0 Å². The Morgan fingerprint density at radius 1 is 1.16 bits per heavy atom. The molecule has 1 saturated carbocycles. The highest BCUT2D eigenvalue weighted by Gasteiger charge is 2.35. The van der Waals surface area contributed by atoms with Crippen LogP contribution in [0.25, 0.3) is 0 Å². The van der Waals surface area contributed by atoms with E-state index in [1.165, 1.54) is 6.42 Å². The molecular formula is C14H16BrNO2S. The van der Waals surface area contributed by atoms with Crippen molar-refractivity contribution in [2.45, 2.75) is 17.7 Å². The molecule has 2 aliphatic carbocycles. The Balaban J connectivity index is 1.66. The van der Waals surface area contributed by atoms with Gasteiger partial charge in [-0.2, -0.15) is 0 Å². The predicted octanol–water partition coefficient (Wildman–Crippen LogP) is 2.94. The number of fused-ring (bicyclic) bond motifs is 2. The summed E-state index contributed by atoms with van der Waals surface area (Å²) in [5.41, 5.74) is 0. The maximum Gasteiger partial charge on any atom is 0.240 e.